The van der Waals surface area contributed by atoms with Crippen LogP contribution in [0.3, 0.4) is 0 Å². The summed E-state index contributed by atoms with van der Waals surface area (Å²) in [6.45, 7) is 16.3. The van der Waals surface area contributed by atoms with Crippen LogP contribution >= 0.6 is 0 Å². The van der Waals surface area contributed by atoms with Gasteiger partial charge in [0, 0.05) is 24.2 Å². The number of Topliss-reactive ketones (excluding diaryl/α,β-unsaturated/α-hetero) is 2. The Kier molecular flexibility index (Phi) is 5.60. The summed E-state index contributed by atoms with van der Waals surface area (Å²) in [6, 6.07) is 0. The Labute approximate surface area is 207 Å². The maximum absolute atomic E-state index is 12.8. The van der Waals surface area contributed by atoms with Gasteiger partial charge in [-0.25, -0.2) is 0 Å². The third-order valence-corrected chi connectivity index (χ3v) is 12.8. The zero-order valence-corrected chi connectivity index (χ0v) is 22.7. The minimum atomic E-state index is -1.59. The fraction of sp³-hybridized carbons (Fsp3) is 0.933. The second-order valence-electron chi connectivity index (χ2n) is 14.6. The zero-order chi connectivity index (χ0) is 24.9. The zero-order valence-electron chi connectivity index (χ0n) is 22.7. The summed E-state index contributed by atoms with van der Waals surface area (Å²) in [7, 11) is 0. The second kappa shape index (κ2) is 7.63. The van der Waals surface area contributed by atoms with Gasteiger partial charge in [0.25, 0.3) is 0 Å². The highest BCUT2D eigenvalue weighted by atomic mass is 16.6. The van der Waals surface area contributed by atoms with Crippen LogP contribution in [0.5, 0.6) is 0 Å². The Bertz CT molecular complexity index is 877. The highest BCUT2D eigenvalue weighted by Gasteiger charge is 2.68. The Hall–Kier alpha value is -0.740. The van der Waals surface area contributed by atoms with Crippen molar-refractivity contribution in [1.29, 1.82) is 0 Å². The highest BCUT2D eigenvalue weighted by molar-refractivity contribution is 5.87. The number of ether oxygens (including phenoxy) is 1. The molecule has 0 radical (unpaired) electrons. The maximum atomic E-state index is 12.8. The monoisotopic (exact) mass is 472 g/mol. The lowest BCUT2D eigenvalue weighted by Crippen LogP contribution is -2.61. The van der Waals surface area contributed by atoms with Crippen LogP contribution in [0.1, 0.15) is 106 Å². The fourth-order valence-corrected chi connectivity index (χ4v) is 10.7. The molecule has 4 nitrogen and oxygen atoms in total. The topological polar surface area (TPSA) is 63.6 Å². The molecule has 1 N–H and O–H groups in total. The van der Waals surface area contributed by atoms with Crippen LogP contribution in [0.25, 0.3) is 0 Å². The molecule has 5 aliphatic rings. The average molecular weight is 473 g/mol. The van der Waals surface area contributed by atoms with E-state index in [1.807, 2.05) is 13.8 Å². The van der Waals surface area contributed by atoms with Crippen molar-refractivity contribution in [2.24, 2.45) is 57.2 Å². The SMILES string of the molecule is CC(C)C(=O)C1(O)CC([C@H]2CC[C@@]3(C)C4CC[C@@H]5C(C)(C)C(=O)CC[C@@]5(C)[C@@H]4CC[C@@]23C)CO1. The van der Waals surface area contributed by atoms with E-state index in [2.05, 4.69) is 34.6 Å². The van der Waals surface area contributed by atoms with Gasteiger partial charge in [0.1, 0.15) is 5.78 Å². The molecule has 4 saturated carbocycles. The minimum Gasteiger partial charge on any atom is -0.360 e. The summed E-state index contributed by atoms with van der Waals surface area (Å²) in [5, 5.41) is 11.0. The molecular formula is C30H48O4. The van der Waals surface area contributed by atoms with Gasteiger partial charge in [-0.05, 0) is 90.8 Å². The Balaban J connectivity index is 1.41. The predicted molar refractivity (Wildman–Crippen MR) is 133 cm³/mol. The first-order chi connectivity index (χ1) is 15.7. The Morgan fingerprint density at radius 2 is 1.53 bits per heavy atom. The summed E-state index contributed by atoms with van der Waals surface area (Å²) >= 11 is 0. The molecule has 0 aromatic rings. The van der Waals surface area contributed by atoms with Gasteiger partial charge < -0.3 is 9.84 Å². The predicted octanol–water partition coefficient (Wildman–Crippen LogP) is 6.19. The molecule has 0 aromatic carbocycles. The molecule has 192 valence electrons. The number of carbonyl (C=O) groups excluding carboxylic acids is 2. The molecular weight excluding hydrogens is 424 g/mol. The number of hydrogen-bond acceptors (Lipinski definition) is 4. The number of fused-ring (bicyclic) bond motifs is 5. The smallest absolute Gasteiger partial charge is 0.227 e. The van der Waals surface area contributed by atoms with Gasteiger partial charge in [-0.1, -0.05) is 48.5 Å². The lowest BCUT2D eigenvalue weighted by molar-refractivity contribution is -0.189. The first-order valence-electron chi connectivity index (χ1n) is 14.1. The van der Waals surface area contributed by atoms with Crippen LogP contribution in [0.4, 0.5) is 0 Å². The van der Waals surface area contributed by atoms with Crippen LogP contribution in [-0.4, -0.2) is 29.1 Å². The number of aliphatic hydroxyl groups is 1. The third-order valence-electron chi connectivity index (χ3n) is 12.8. The van der Waals surface area contributed by atoms with Gasteiger partial charge in [-0.3, -0.25) is 9.59 Å². The molecule has 4 aliphatic carbocycles. The number of carbonyl (C=O) groups is 2. The van der Waals surface area contributed by atoms with E-state index in [9.17, 15) is 14.7 Å². The van der Waals surface area contributed by atoms with Crippen LogP contribution in [0.15, 0.2) is 0 Å². The average Bonchev–Trinajstić information content (AvgIpc) is 3.28. The van der Waals surface area contributed by atoms with Crippen molar-refractivity contribution in [3.63, 3.8) is 0 Å². The third kappa shape index (κ3) is 3.09. The summed E-state index contributed by atoms with van der Waals surface area (Å²) in [6.07, 6.45) is 9.61. The van der Waals surface area contributed by atoms with Crippen LogP contribution in [-0.2, 0) is 14.3 Å². The largest absolute Gasteiger partial charge is 0.360 e. The molecule has 0 bridgehead atoms. The molecule has 1 saturated heterocycles. The van der Waals surface area contributed by atoms with E-state index in [0.717, 1.165) is 12.8 Å². The summed E-state index contributed by atoms with van der Waals surface area (Å²) in [4.78, 5) is 25.5. The van der Waals surface area contributed by atoms with Crippen LogP contribution < -0.4 is 0 Å². The minimum absolute atomic E-state index is 0.162. The van der Waals surface area contributed by atoms with Crippen molar-refractivity contribution in [3.8, 4) is 0 Å². The summed E-state index contributed by atoms with van der Waals surface area (Å²) < 4.78 is 5.85. The molecule has 0 spiro atoms. The molecule has 0 aromatic heterocycles. The van der Waals surface area contributed by atoms with E-state index in [-0.39, 0.29) is 39.3 Å². The molecule has 4 heteroatoms. The summed E-state index contributed by atoms with van der Waals surface area (Å²) in [5.41, 5.74) is 0.579. The van der Waals surface area contributed by atoms with Crippen molar-refractivity contribution in [3.05, 3.63) is 0 Å². The van der Waals surface area contributed by atoms with E-state index in [1.165, 1.54) is 38.5 Å². The summed E-state index contributed by atoms with van der Waals surface area (Å²) in [5.74, 6) is 1.19. The first-order valence-corrected chi connectivity index (χ1v) is 14.1. The molecule has 3 unspecified atom stereocenters. The lowest BCUT2D eigenvalue weighted by Gasteiger charge is -2.66. The Morgan fingerprint density at radius 1 is 0.912 bits per heavy atom. The van der Waals surface area contributed by atoms with Crippen molar-refractivity contribution in [2.45, 2.75) is 112 Å². The van der Waals surface area contributed by atoms with Gasteiger partial charge in [0.15, 0.2) is 5.78 Å². The van der Waals surface area contributed by atoms with Crippen molar-refractivity contribution in [2.75, 3.05) is 6.61 Å². The normalized spacial score (nSPS) is 52.3. The van der Waals surface area contributed by atoms with E-state index < -0.39 is 5.79 Å². The van der Waals surface area contributed by atoms with Crippen molar-refractivity contribution in [1.82, 2.24) is 0 Å². The van der Waals surface area contributed by atoms with Gasteiger partial charge in [0.2, 0.25) is 5.79 Å². The van der Waals surface area contributed by atoms with Gasteiger partial charge in [-0.2, -0.15) is 0 Å². The fourth-order valence-electron chi connectivity index (χ4n) is 10.7. The van der Waals surface area contributed by atoms with E-state index >= 15 is 0 Å². The first kappa shape index (κ1) is 24.9. The van der Waals surface area contributed by atoms with E-state index in [1.54, 1.807) is 0 Å². The molecule has 5 fully saturated rings. The standard InChI is InChI=1S/C30H48O4/c1-18(2)25(32)30(33)16-19(17-34-30)20-10-14-29(7)22-8-9-23-26(3,4)24(31)12-13-27(23,5)21(22)11-15-28(20,29)6/h18-23,33H,8-17H2,1-7H3/t19?,20-,21-,22?,23-,27+,28+,29+,30?/m1/s1. The highest BCUT2D eigenvalue weighted by Crippen LogP contribution is 2.74. The van der Waals surface area contributed by atoms with Crippen molar-refractivity contribution >= 4 is 11.6 Å². The molecule has 9 atom stereocenters. The lowest BCUT2D eigenvalue weighted by atomic mass is 9.38. The number of rotatable bonds is 3. The second-order valence-corrected chi connectivity index (χ2v) is 14.6. The van der Waals surface area contributed by atoms with Gasteiger partial charge in [0.05, 0.1) is 6.61 Å². The van der Waals surface area contributed by atoms with Crippen molar-refractivity contribution < 1.29 is 19.4 Å². The van der Waals surface area contributed by atoms with Gasteiger partial charge in [-0.15, -0.1) is 0 Å². The van der Waals surface area contributed by atoms with Gasteiger partial charge >= 0.3 is 0 Å². The van der Waals surface area contributed by atoms with Crippen LogP contribution in [0, 0.1) is 57.2 Å². The maximum Gasteiger partial charge on any atom is 0.227 e. The molecule has 5 rings (SSSR count). The van der Waals surface area contributed by atoms with E-state index in [4.69, 9.17) is 4.74 Å². The number of ketones is 2. The molecule has 1 aliphatic heterocycles. The molecule has 34 heavy (non-hydrogen) atoms. The quantitative estimate of drug-likeness (QED) is 0.532. The Morgan fingerprint density at radius 3 is 2.18 bits per heavy atom. The van der Waals surface area contributed by atoms with E-state index in [0.29, 0.717) is 42.5 Å². The molecule has 1 heterocycles. The molecule has 0 amide bonds. The van der Waals surface area contributed by atoms with Crippen LogP contribution in [0.2, 0.25) is 0 Å². The number of hydrogen-bond donors (Lipinski definition) is 1.